The summed E-state index contributed by atoms with van der Waals surface area (Å²) in [7, 11) is 0. The molecule has 0 unspecified atom stereocenters. The van der Waals surface area contributed by atoms with E-state index in [-0.39, 0.29) is 10.7 Å². The number of H-pyrrole nitrogens is 1. The number of halogens is 1. The van der Waals surface area contributed by atoms with Gasteiger partial charge in [-0.2, -0.15) is 0 Å². The van der Waals surface area contributed by atoms with Gasteiger partial charge in [0.05, 0.1) is 12.0 Å². The molecule has 0 bridgehead atoms. The Morgan fingerprint density at radius 1 is 1.03 bits per heavy atom. The number of hydrogen-bond donors (Lipinski definition) is 1. The zero-order valence-electron chi connectivity index (χ0n) is 23.6. The molecule has 0 spiro atoms. The Hall–Kier alpha value is -2.96. The van der Waals surface area contributed by atoms with Crippen LogP contribution < -0.4 is 4.74 Å². The molecule has 4 rings (SSSR count). The molecule has 2 aromatic carbocycles. The molecule has 2 heterocycles. The Balaban J connectivity index is 1.86. The first-order chi connectivity index (χ1) is 18.5. The lowest BCUT2D eigenvalue weighted by atomic mass is 9.88. The van der Waals surface area contributed by atoms with Gasteiger partial charge in [0.1, 0.15) is 12.4 Å². The Morgan fingerprint density at radius 2 is 1.77 bits per heavy atom. The smallest absolute Gasteiger partial charge is 0.311 e. The van der Waals surface area contributed by atoms with Crippen molar-refractivity contribution in [3.63, 3.8) is 0 Å². The molecular formula is C32H37ClN2O3S. The number of pyridine rings is 1. The maximum atomic E-state index is 12.8. The van der Waals surface area contributed by atoms with Gasteiger partial charge in [-0.1, -0.05) is 50.6 Å². The lowest BCUT2D eigenvalue weighted by Gasteiger charge is -2.24. The molecule has 0 aliphatic rings. The van der Waals surface area contributed by atoms with E-state index in [1.807, 2.05) is 69.1 Å². The number of rotatable bonds is 10. The van der Waals surface area contributed by atoms with Gasteiger partial charge in [-0.05, 0) is 56.7 Å². The first-order valence-corrected chi connectivity index (χ1v) is 14.4. The molecule has 4 aromatic rings. The molecule has 0 aliphatic carbocycles. The van der Waals surface area contributed by atoms with Gasteiger partial charge in [0.25, 0.3) is 0 Å². The Morgan fingerprint density at radius 3 is 2.41 bits per heavy atom. The molecule has 0 atom stereocenters. The second kappa shape index (κ2) is 12.1. The zero-order valence-corrected chi connectivity index (χ0v) is 25.1. The Kier molecular flexibility index (Phi) is 8.97. The number of aromatic amines is 1. The molecule has 0 amide bonds. The van der Waals surface area contributed by atoms with Crippen LogP contribution in [0.1, 0.15) is 63.9 Å². The number of thioether (sulfide) groups is 1. The van der Waals surface area contributed by atoms with Crippen LogP contribution in [0.3, 0.4) is 0 Å². The van der Waals surface area contributed by atoms with E-state index in [2.05, 4.69) is 48.9 Å². The van der Waals surface area contributed by atoms with E-state index >= 15 is 0 Å². The fraction of sp³-hybridized carbons (Fsp3) is 0.375. The minimum atomic E-state index is -0.680. The quantitative estimate of drug-likeness (QED) is 0.155. The SMILES string of the molecule is CCOC(=O)C(C)(C)Cc1[nH]c2ccc(OCc3cccnc3)c(Cc3ccc(Cl)cc3)c2c1SC(C)(C)C. The minimum Gasteiger partial charge on any atom is -0.489 e. The summed E-state index contributed by atoms with van der Waals surface area (Å²) in [6.07, 6.45) is 4.79. The standard InChI is InChI=1S/C32H37ClN2O3S/c1-7-37-30(36)32(5,6)18-26-29(39-31(2,3)4)28-24(17-21-10-12-23(33)13-11-21)27(15-14-25(28)35-26)38-20-22-9-8-16-34-19-22/h8-16,19,35H,7,17-18,20H2,1-6H3. The van der Waals surface area contributed by atoms with Gasteiger partial charge in [-0.3, -0.25) is 9.78 Å². The van der Waals surface area contributed by atoms with Crippen molar-refractivity contribution < 1.29 is 14.3 Å². The average molecular weight is 565 g/mol. The van der Waals surface area contributed by atoms with Crippen LogP contribution in [0.5, 0.6) is 5.75 Å². The molecule has 7 heteroatoms. The van der Waals surface area contributed by atoms with Crippen molar-refractivity contribution in [2.75, 3.05) is 6.61 Å². The molecule has 1 N–H and O–H groups in total. The lowest BCUT2D eigenvalue weighted by Crippen LogP contribution is -2.29. The predicted molar refractivity (Wildman–Crippen MR) is 161 cm³/mol. The van der Waals surface area contributed by atoms with Crippen molar-refractivity contribution in [1.29, 1.82) is 0 Å². The van der Waals surface area contributed by atoms with Gasteiger partial charge in [0.2, 0.25) is 0 Å². The summed E-state index contributed by atoms with van der Waals surface area (Å²) in [4.78, 5) is 21.8. The third-order valence-corrected chi connectivity index (χ3v) is 7.84. The molecule has 206 valence electrons. The van der Waals surface area contributed by atoms with E-state index in [0.717, 1.165) is 43.9 Å². The normalized spacial score (nSPS) is 12.1. The fourth-order valence-corrected chi connectivity index (χ4v) is 5.83. The van der Waals surface area contributed by atoms with Crippen LogP contribution in [0.4, 0.5) is 0 Å². The van der Waals surface area contributed by atoms with Crippen molar-refractivity contribution in [3.05, 3.63) is 88.3 Å². The molecular weight excluding hydrogens is 528 g/mol. The van der Waals surface area contributed by atoms with E-state index in [1.54, 1.807) is 6.20 Å². The summed E-state index contributed by atoms with van der Waals surface area (Å²) in [5.74, 6) is 0.629. The number of aromatic nitrogens is 2. The van der Waals surface area contributed by atoms with Crippen LogP contribution in [0, 0.1) is 5.41 Å². The van der Waals surface area contributed by atoms with Crippen molar-refractivity contribution in [2.24, 2.45) is 5.41 Å². The van der Waals surface area contributed by atoms with Gasteiger partial charge in [0, 0.05) is 67.6 Å². The van der Waals surface area contributed by atoms with Crippen LogP contribution in [0.15, 0.2) is 65.8 Å². The maximum absolute atomic E-state index is 12.8. The van der Waals surface area contributed by atoms with Crippen molar-refractivity contribution in [2.45, 2.75) is 70.6 Å². The third kappa shape index (κ3) is 7.37. The topological polar surface area (TPSA) is 64.2 Å². The first kappa shape index (κ1) is 29.0. The number of fused-ring (bicyclic) bond motifs is 1. The zero-order chi connectivity index (χ0) is 28.2. The lowest BCUT2D eigenvalue weighted by molar-refractivity contribution is -0.153. The number of esters is 1. The van der Waals surface area contributed by atoms with E-state index in [9.17, 15) is 4.79 Å². The highest BCUT2D eigenvalue weighted by Crippen LogP contribution is 2.45. The largest absolute Gasteiger partial charge is 0.489 e. The molecule has 0 saturated carbocycles. The van der Waals surface area contributed by atoms with Crippen LogP contribution in [-0.4, -0.2) is 27.3 Å². The first-order valence-electron chi connectivity index (χ1n) is 13.3. The highest BCUT2D eigenvalue weighted by atomic mass is 35.5. The second-order valence-electron chi connectivity index (χ2n) is 11.3. The van der Waals surface area contributed by atoms with Crippen molar-refractivity contribution >= 4 is 40.2 Å². The molecule has 0 saturated heterocycles. The van der Waals surface area contributed by atoms with Crippen LogP contribution in [0.25, 0.3) is 10.9 Å². The number of nitrogens with one attached hydrogen (secondary N) is 1. The van der Waals surface area contributed by atoms with E-state index in [1.165, 1.54) is 0 Å². The number of benzene rings is 2. The molecule has 0 aliphatic heterocycles. The fourth-order valence-electron chi connectivity index (χ4n) is 4.51. The number of ether oxygens (including phenoxy) is 2. The maximum Gasteiger partial charge on any atom is 0.311 e. The van der Waals surface area contributed by atoms with E-state index < -0.39 is 5.41 Å². The Bertz CT molecular complexity index is 1420. The van der Waals surface area contributed by atoms with Gasteiger partial charge < -0.3 is 14.5 Å². The molecule has 2 aromatic heterocycles. The average Bonchev–Trinajstić information content (AvgIpc) is 3.20. The van der Waals surface area contributed by atoms with E-state index in [4.69, 9.17) is 21.1 Å². The predicted octanol–water partition coefficient (Wildman–Crippen LogP) is 8.41. The third-order valence-electron chi connectivity index (χ3n) is 6.32. The van der Waals surface area contributed by atoms with Gasteiger partial charge in [-0.25, -0.2) is 0 Å². The van der Waals surface area contributed by atoms with Gasteiger partial charge >= 0.3 is 5.97 Å². The Labute approximate surface area is 240 Å². The highest BCUT2D eigenvalue weighted by molar-refractivity contribution is 8.00. The van der Waals surface area contributed by atoms with E-state index in [0.29, 0.717) is 31.1 Å². The number of hydrogen-bond acceptors (Lipinski definition) is 5. The summed E-state index contributed by atoms with van der Waals surface area (Å²) in [6, 6.07) is 16.0. The van der Waals surface area contributed by atoms with Gasteiger partial charge in [0.15, 0.2) is 0 Å². The highest BCUT2D eigenvalue weighted by Gasteiger charge is 2.33. The summed E-state index contributed by atoms with van der Waals surface area (Å²) in [5, 5.41) is 1.84. The summed E-state index contributed by atoms with van der Waals surface area (Å²) in [6.45, 7) is 13.1. The number of carbonyl (C=O) groups is 1. The van der Waals surface area contributed by atoms with Gasteiger partial charge in [-0.15, -0.1) is 11.8 Å². The van der Waals surface area contributed by atoms with Crippen LogP contribution >= 0.6 is 23.4 Å². The summed E-state index contributed by atoms with van der Waals surface area (Å²) < 4.78 is 11.8. The summed E-state index contributed by atoms with van der Waals surface area (Å²) >= 11 is 8.00. The monoisotopic (exact) mass is 564 g/mol. The molecule has 5 nitrogen and oxygen atoms in total. The number of nitrogens with zero attached hydrogens (tertiary/aromatic N) is 1. The minimum absolute atomic E-state index is 0.0535. The second-order valence-corrected chi connectivity index (χ2v) is 13.6. The molecule has 0 radical (unpaired) electrons. The molecule has 0 fully saturated rings. The summed E-state index contributed by atoms with van der Waals surface area (Å²) in [5.41, 5.74) is 4.62. The van der Waals surface area contributed by atoms with Crippen LogP contribution in [0.2, 0.25) is 5.02 Å². The number of carbonyl (C=O) groups excluding carboxylic acids is 1. The van der Waals surface area contributed by atoms with Crippen molar-refractivity contribution in [3.8, 4) is 5.75 Å². The molecule has 39 heavy (non-hydrogen) atoms. The van der Waals surface area contributed by atoms with Crippen LogP contribution in [-0.2, 0) is 29.0 Å². The van der Waals surface area contributed by atoms with Crippen molar-refractivity contribution in [1.82, 2.24) is 9.97 Å².